The molecular formula is C16H22N4. The molecule has 1 aromatic heterocycles. The molecule has 4 nitrogen and oxygen atoms in total. The maximum absolute atomic E-state index is 4.29. The van der Waals surface area contributed by atoms with E-state index in [1.165, 1.54) is 48.6 Å². The second kappa shape index (κ2) is 5.57. The zero-order valence-corrected chi connectivity index (χ0v) is 12.3. The highest BCUT2D eigenvalue weighted by Gasteiger charge is 2.15. The summed E-state index contributed by atoms with van der Waals surface area (Å²) in [5.74, 6) is 0. The van der Waals surface area contributed by atoms with Gasteiger partial charge in [-0.1, -0.05) is 12.1 Å². The second-order valence-electron chi connectivity index (χ2n) is 5.44. The van der Waals surface area contributed by atoms with E-state index in [1.54, 1.807) is 0 Å². The van der Waals surface area contributed by atoms with Crippen molar-refractivity contribution in [2.75, 3.05) is 23.3 Å². The van der Waals surface area contributed by atoms with E-state index in [2.05, 4.69) is 46.5 Å². The third kappa shape index (κ3) is 2.50. The van der Waals surface area contributed by atoms with Crippen LogP contribution in [0.1, 0.15) is 24.1 Å². The third-order valence-electron chi connectivity index (χ3n) is 4.16. The standard InChI is InChI=1S/C16H22N4/c1-13-14(12-18-19(13)2)11-17-15-7-3-4-8-16(15)20-9-5-6-10-20/h3-4,7-8,12,17H,5-6,9-11H2,1-2H3. The zero-order valence-electron chi connectivity index (χ0n) is 12.3. The van der Waals surface area contributed by atoms with E-state index >= 15 is 0 Å². The van der Waals surface area contributed by atoms with Gasteiger partial charge in [0.1, 0.15) is 0 Å². The van der Waals surface area contributed by atoms with Crippen molar-refractivity contribution in [3.05, 3.63) is 41.7 Å². The molecule has 4 heteroatoms. The molecule has 0 saturated carbocycles. The van der Waals surface area contributed by atoms with Crippen LogP contribution >= 0.6 is 0 Å². The Hall–Kier alpha value is -1.97. The van der Waals surface area contributed by atoms with Crippen molar-refractivity contribution in [3.63, 3.8) is 0 Å². The fourth-order valence-electron chi connectivity index (χ4n) is 2.77. The summed E-state index contributed by atoms with van der Waals surface area (Å²) < 4.78 is 1.92. The van der Waals surface area contributed by atoms with Gasteiger partial charge in [-0.15, -0.1) is 0 Å². The Morgan fingerprint density at radius 2 is 1.95 bits per heavy atom. The van der Waals surface area contributed by atoms with Crippen LogP contribution in [0, 0.1) is 6.92 Å². The molecule has 1 aromatic carbocycles. The zero-order chi connectivity index (χ0) is 13.9. The van der Waals surface area contributed by atoms with Crippen LogP contribution in [0.2, 0.25) is 0 Å². The summed E-state index contributed by atoms with van der Waals surface area (Å²) in [5.41, 5.74) is 5.02. The first-order valence-corrected chi connectivity index (χ1v) is 7.31. The number of nitrogens with zero attached hydrogens (tertiary/aromatic N) is 3. The molecule has 1 saturated heterocycles. The number of hydrogen-bond acceptors (Lipinski definition) is 3. The minimum Gasteiger partial charge on any atom is -0.379 e. The van der Waals surface area contributed by atoms with Crippen LogP contribution in [-0.4, -0.2) is 22.9 Å². The summed E-state index contributed by atoms with van der Waals surface area (Å²) in [6, 6.07) is 8.59. The summed E-state index contributed by atoms with van der Waals surface area (Å²) in [6.45, 7) is 5.27. The first-order chi connectivity index (χ1) is 9.75. The molecular weight excluding hydrogens is 248 g/mol. The minimum atomic E-state index is 0.824. The Labute approximate surface area is 120 Å². The number of aromatic nitrogens is 2. The van der Waals surface area contributed by atoms with Gasteiger partial charge in [-0.25, -0.2) is 0 Å². The molecule has 20 heavy (non-hydrogen) atoms. The van der Waals surface area contributed by atoms with Crippen molar-refractivity contribution in [2.45, 2.75) is 26.3 Å². The monoisotopic (exact) mass is 270 g/mol. The molecule has 0 spiro atoms. The predicted octanol–water partition coefficient (Wildman–Crippen LogP) is 2.94. The first-order valence-electron chi connectivity index (χ1n) is 7.31. The molecule has 0 atom stereocenters. The van der Waals surface area contributed by atoms with Gasteiger partial charge in [0, 0.05) is 37.9 Å². The number of rotatable bonds is 4. The van der Waals surface area contributed by atoms with E-state index in [4.69, 9.17) is 0 Å². The Morgan fingerprint density at radius 1 is 1.20 bits per heavy atom. The lowest BCUT2D eigenvalue weighted by Gasteiger charge is -2.22. The number of nitrogens with one attached hydrogen (secondary N) is 1. The molecule has 2 heterocycles. The van der Waals surface area contributed by atoms with Crippen LogP contribution in [0.15, 0.2) is 30.5 Å². The van der Waals surface area contributed by atoms with Gasteiger partial charge in [0.2, 0.25) is 0 Å². The maximum atomic E-state index is 4.29. The van der Waals surface area contributed by atoms with Crippen molar-refractivity contribution in [1.82, 2.24) is 9.78 Å². The van der Waals surface area contributed by atoms with Gasteiger partial charge in [-0.2, -0.15) is 5.10 Å². The van der Waals surface area contributed by atoms with Gasteiger partial charge >= 0.3 is 0 Å². The third-order valence-corrected chi connectivity index (χ3v) is 4.16. The molecule has 1 N–H and O–H groups in total. The molecule has 0 radical (unpaired) electrons. The van der Waals surface area contributed by atoms with Crippen LogP contribution in [0.4, 0.5) is 11.4 Å². The van der Waals surface area contributed by atoms with Gasteiger partial charge in [0.25, 0.3) is 0 Å². The summed E-state index contributed by atoms with van der Waals surface area (Å²) >= 11 is 0. The van der Waals surface area contributed by atoms with Crippen LogP contribution in [0.3, 0.4) is 0 Å². The number of para-hydroxylation sites is 2. The van der Waals surface area contributed by atoms with Gasteiger partial charge in [0.05, 0.1) is 17.6 Å². The number of benzene rings is 1. The summed E-state index contributed by atoms with van der Waals surface area (Å²) in [7, 11) is 1.98. The molecule has 1 aliphatic heterocycles. The predicted molar refractivity (Wildman–Crippen MR) is 83.2 cm³/mol. The van der Waals surface area contributed by atoms with Crippen molar-refractivity contribution in [1.29, 1.82) is 0 Å². The van der Waals surface area contributed by atoms with E-state index in [0.717, 1.165) is 6.54 Å². The molecule has 106 valence electrons. The smallest absolute Gasteiger partial charge is 0.0602 e. The van der Waals surface area contributed by atoms with Crippen molar-refractivity contribution < 1.29 is 0 Å². The maximum Gasteiger partial charge on any atom is 0.0602 e. The summed E-state index contributed by atoms with van der Waals surface area (Å²) in [6.07, 6.45) is 4.55. The minimum absolute atomic E-state index is 0.824. The molecule has 0 aliphatic carbocycles. The highest BCUT2D eigenvalue weighted by Crippen LogP contribution is 2.29. The number of anilines is 2. The lowest BCUT2D eigenvalue weighted by Crippen LogP contribution is -2.19. The number of aryl methyl sites for hydroxylation is 1. The van der Waals surface area contributed by atoms with Crippen molar-refractivity contribution >= 4 is 11.4 Å². The average Bonchev–Trinajstić information content (AvgIpc) is 3.10. The van der Waals surface area contributed by atoms with E-state index < -0.39 is 0 Å². The quantitative estimate of drug-likeness (QED) is 0.927. The normalized spacial score (nSPS) is 14.8. The Balaban J connectivity index is 1.75. The highest BCUT2D eigenvalue weighted by atomic mass is 15.3. The van der Waals surface area contributed by atoms with Crippen molar-refractivity contribution in [2.24, 2.45) is 7.05 Å². The van der Waals surface area contributed by atoms with E-state index in [-0.39, 0.29) is 0 Å². The van der Waals surface area contributed by atoms with Gasteiger partial charge in [-0.05, 0) is 31.9 Å². The van der Waals surface area contributed by atoms with Crippen LogP contribution in [-0.2, 0) is 13.6 Å². The number of hydrogen-bond donors (Lipinski definition) is 1. The first kappa shape index (κ1) is 13.0. The van der Waals surface area contributed by atoms with Crippen LogP contribution in [0.25, 0.3) is 0 Å². The summed E-state index contributed by atoms with van der Waals surface area (Å²) in [5, 5.41) is 7.86. The lowest BCUT2D eigenvalue weighted by atomic mass is 10.2. The molecule has 0 amide bonds. The van der Waals surface area contributed by atoms with Gasteiger partial charge in [-0.3, -0.25) is 4.68 Å². The molecule has 0 bridgehead atoms. The van der Waals surface area contributed by atoms with Crippen LogP contribution in [0.5, 0.6) is 0 Å². The average molecular weight is 270 g/mol. The molecule has 3 rings (SSSR count). The Morgan fingerprint density at radius 3 is 2.65 bits per heavy atom. The molecule has 1 aliphatic rings. The Bertz CT molecular complexity index is 582. The molecule has 0 unspecified atom stereocenters. The van der Waals surface area contributed by atoms with Crippen LogP contribution < -0.4 is 10.2 Å². The molecule has 2 aromatic rings. The lowest BCUT2D eigenvalue weighted by molar-refractivity contribution is 0.738. The van der Waals surface area contributed by atoms with Gasteiger partial charge in [0.15, 0.2) is 0 Å². The highest BCUT2D eigenvalue weighted by molar-refractivity contribution is 5.70. The molecule has 1 fully saturated rings. The fraction of sp³-hybridized carbons (Fsp3) is 0.438. The second-order valence-corrected chi connectivity index (χ2v) is 5.44. The topological polar surface area (TPSA) is 33.1 Å². The SMILES string of the molecule is Cc1c(CNc2ccccc2N2CCCC2)cnn1C. The van der Waals surface area contributed by atoms with E-state index in [0.29, 0.717) is 0 Å². The summed E-state index contributed by atoms with van der Waals surface area (Å²) in [4.78, 5) is 2.47. The van der Waals surface area contributed by atoms with Gasteiger partial charge < -0.3 is 10.2 Å². The largest absolute Gasteiger partial charge is 0.379 e. The fourth-order valence-corrected chi connectivity index (χ4v) is 2.77. The Kier molecular flexibility index (Phi) is 3.63. The van der Waals surface area contributed by atoms with E-state index in [9.17, 15) is 0 Å². The van der Waals surface area contributed by atoms with Crippen molar-refractivity contribution in [3.8, 4) is 0 Å². The van der Waals surface area contributed by atoms with E-state index in [1.807, 2.05) is 17.9 Å².